The summed E-state index contributed by atoms with van der Waals surface area (Å²) in [6.07, 6.45) is 13.8. The number of fused-ring (bicyclic) bond motifs is 1. The van der Waals surface area contributed by atoms with Crippen LogP contribution in [-0.2, 0) is 19.1 Å². The number of carbonyl (C=O) groups is 4. The number of rotatable bonds is 8. The second kappa shape index (κ2) is 25.2. The summed E-state index contributed by atoms with van der Waals surface area (Å²) in [4.78, 5) is 62.3. The Morgan fingerprint density at radius 1 is 0.679 bits per heavy atom. The average Bonchev–Trinajstić information content (AvgIpc) is 4.06. The number of aromatic nitrogens is 4. The fourth-order valence-electron chi connectivity index (χ4n) is 5.53. The molecule has 0 aliphatic carbocycles. The van der Waals surface area contributed by atoms with Crippen molar-refractivity contribution in [3.05, 3.63) is 60.1 Å². The number of hydrogen-bond donors (Lipinski definition) is 4. The zero-order chi connectivity index (χ0) is 40.7. The quantitative estimate of drug-likeness (QED) is 0.122. The van der Waals surface area contributed by atoms with Gasteiger partial charge in [-0.1, -0.05) is 71.7 Å². The molecule has 0 bridgehead atoms. The van der Waals surface area contributed by atoms with Crippen LogP contribution in [-0.4, -0.2) is 99.9 Å². The second-order valence-electron chi connectivity index (χ2n) is 13.0. The van der Waals surface area contributed by atoms with Crippen molar-refractivity contribution >= 4 is 55.9 Å². The van der Waals surface area contributed by atoms with Crippen LogP contribution in [0.4, 0.5) is 4.79 Å². The van der Waals surface area contributed by atoms with Crippen molar-refractivity contribution in [2.75, 3.05) is 46.4 Å². The summed E-state index contributed by atoms with van der Waals surface area (Å²) >= 11 is 3.58. The molecule has 0 atom stereocenters. The summed E-state index contributed by atoms with van der Waals surface area (Å²) in [5.74, 6) is -0.0604. The van der Waals surface area contributed by atoms with Crippen LogP contribution in [0.15, 0.2) is 60.1 Å². The Labute approximate surface area is 338 Å². The first-order valence-electron chi connectivity index (χ1n) is 19.4. The minimum atomic E-state index is -0.562. The molecule has 0 unspecified atom stereocenters. The Bertz CT molecular complexity index is 1810. The number of alkyl carbamates (subject to hydrolysis) is 1. The first-order valence-corrected chi connectivity index (χ1v) is 21.2. The highest BCUT2D eigenvalue weighted by Gasteiger charge is 2.19. The lowest BCUT2D eigenvalue weighted by Gasteiger charge is -2.15. The number of carbonyl (C=O) groups excluding carboxylic acids is 4. The lowest BCUT2D eigenvalue weighted by atomic mass is 10.1. The molecule has 4 aromatic heterocycles. The summed E-state index contributed by atoms with van der Waals surface area (Å²) in [6.45, 7) is 13.8. The van der Waals surface area contributed by atoms with Crippen molar-refractivity contribution in [1.29, 1.82) is 0 Å². The van der Waals surface area contributed by atoms with Gasteiger partial charge in [0, 0.05) is 54.5 Å². The van der Waals surface area contributed by atoms with Crippen molar-refractivity contribution in [3.63, 3.8) is 0 Å². The van der Waals surface area contributed by atoms with Gasteiger partial charge >= 0.3 is 6.09 Å². The van der Waals surface area contributed by atoms with Crippen LogP contribution in [0.1, 0.15) is 79.6 Å². The number of amides is 4. The van der Waals surface area contributed by atoms with Crippen LogP contribution in [0.2, 0.25) is 0 Å². The number of ether oxygens (including phenoxy) is 1. The zero-order valence-corrected chi connectivity index (χ0v) is 35.2. The van der Waals surface area contributed by atoms with Gasteiger partial charge in [-0.15, -0.1) is 22.7 Å². The molecular weight excluding hydrogens is 749 g/mol. The molecule has 4 N–H and O–H groups in total. The summed E-state index contributed by atoms with van der Waals surface area (Å²) in [5.41, 5.74) is 7.02. The molecular formula is C41H58N8O5S2. The second-order valence-corrected chi connectivity index (χ2v) is 14.8. The monoisotopic (exact) mass is 806 g/mol. The molecule has 1 aromatic carbocycles. The van der Waals surface area contributed by atoms with E-state index in [9.17, 15) is 19.2 Å². The van der Waals surface area contributed by atoms with Crippen LogP contribution in [0, 0.1) is 0 Å². The van der Waals surface area contributed by atoms with Gasteiger partial charge in [0.1, 0.15) is 6.54 Å². The van der Waals surface area contributed by atoms with E-state index in [4.69, 9.17) is 0 Å². The van der Waals surface area contributed by atoms with E-state index in [1.165, 1.54) is 46.0 Å². The minimum absolute atomic E-state index is 0.0344. The molecule has 2 aliphatic rings. The highest BCUT2D eigenvalue weighted by Crippen LogP contribution is 2.43. The van der Waals surface area contributed by atoms with E-state index in [0.29, 0.717) is 6.42 Å². The topological polar surface area (TPSA) is 165 Å². The van der Waals surface area contributed by atoms with Gasteiger partial charge < -0.3 is 35.1 Å². The number of nitrogens with one attached hydrogen (secondary N) is 4. The van der Waals surface area contributed by atoms with E-state index in [-0.39, 0.29) is 30.8 Å². The third kappa shape index (κ3) is 14.2. The molecule has 5 aromatic rings. The summed E-state index contributed by atoms with van der Waals surface area (Å²) in [6, 6.07) is 8.62. The lowest BCUT2D eigenvalue weighted by Crippen LogP contribution is -2.38. The van der Waals surface area contributed by atoms with Gasteiger partial charge in [0.25, 0.3) is 0 Å². The number of methoxy groups -OCH3 is 1. The molecule has 15 heteroatoms. The Morgan fingerprint density at radius 3 is 1.59 bits per heavy atom. The van der Waals surface area contributed by atoms with Crippen molar-refractivity contribution in [1.82, 2.24) is 40.4 Å². The van der Waals surface area contributed by atoms with Crippen molar-refractivity contribution in [2.45, 2.75) is 79.6 Å². The third-order valence-electron chi connectivity index (χ3n) is 8.32. The van der Waals surface area contributed by atoms with Crippen LogP contribution in [0.5, 0.6) is 0 Å². The summed E-state index contributed by atoms with van der Waals surface area (Å²) in [7, 11) is 1.27. The predicted octanol–water partition coefficient (Wildman–Crippen LogP) is 8.34. The molecule has 2 aliphatic heterocycles. The maximum Gasteiger partial charge on any atom is 0.407 e. The molecule has 4 amide bonds. The predicted molar refractivity (Wildman–Crippen MR) is 228 cm³/mol. The Kier molecular flexibility index (Phi) is 20.4. The van der Waals surface area contributed by atoms with Gasteiger partial charge in [0.05, 0.1) is 59.5 Å². The number of imidazole rings is 2. The van der Waals surface area contributed by atoms with Gasteiger partial charge in [-0.3, -0.25) is 14.4 Å². The maximum absolute atomic E-state index is 11.4. The minimum Gasteiger partial charge on any atom is -0.453 e. The zero-order valence-electron chi connectivity index (χ0n) is 33.6. The van der Waals surface area contributed by atoms with Gasteiger partial charge in [-0.05, 0) is 36.8 Å². The normalized spacial score (nSPS) is 12.8. The largest absolute Gasteiger partial charge is 0.453 e. The molecule has 304 valence electrons. The van der Waals surface area contributed by atoms with E-state index in [1.54, 1.807) is 52.1 Å². The molecule has 0 spiro atoms. The number of thiophene rings is 2. The van der Waals surface area contributed by atoms with Gasteiger partial charge in [-0.2, -0.15) is 0 Å². The summed E-state index contributed by atoms with van der Waals surface area (Å²) in [5, 5.41) is 9.38. The van der Waals surface area contributed by atoms with Crippen LogP contribution >= 0.6 is 22.7 Å². The van der Waals surface area contributed by atoms with Gasteiger partial charge in [0.2, 0.25) is 17.7 Å². The average molecular weight is 807 g/mol. The van der Waals surface area contributed by atoms with Crippen LogP contribution < -0.4 is 10.6 Å². The molecule has 56 heavy (non-hydrogen) atoms. The molecule has 6 heterocycles. The third-order valence-corrected chi connectivity index (χ3v) is 10.5. The number of benzene rings is 1. The van der Waals surface area contributed by atoms with E-state index in [1.807, 2.05) is 12.4 Å². The van der Waals surface area contributed by atoms with Crippen molar-refractivity contribution in [2.24, 2.45) is 0 Å². The van der Waals surface area contributed by atoms with E-state index >= 15 is 0 Å². The Morgan fingerprint density at radius 2 is 1.12 bits per heavy atom. The maximum atomic E-state index is 11.4. The highest BCUT2D eigenvalue weighted by molar-refractivity contribution is 7.27. The Hall–Kier alpha value is -5.02. The fourth-order valence-corrected chi connectivity index (χ4v) is 7.97. The van der Waals surface area contributed by atoms with E-state index < -0.39 is 6.09 Å². The molecule has 7 rings (SSSR count). The smallest absolute Gasteiger partial charge is 0.407 e. The first kappa shape index (κ1) is 45.4. The van der Waals surface area contributed by atoms with Crippen LogP contribution in [0.25, 0.3) is 43.0 Å². The molecule has 0 radical (unpaired) electrons. The molecule has 2 fully saturated rings. The summed E-state index contributed by atoms with van der Waals surface area (Å²) < 4.78 is 6.99. The Balaban J connectivity index is 0.000000225. The highest BCUT2D eigenvalue weighted by atomic mass is 32.1. The van der Waals surface area contributed by atoms with Crippen molar-refractivity contribution in [3.8, 4) is 33.6 Å². The first-order chi connectivity index (χ1) is 27.2. The van der Waals surface area contributed by atoms with Gasteiger partial charge in [-0.25, -0.2) is 14.8 Å². The standard InChI is InChI=1S/C18H12N4S2.C9H16N2O2.C8H14N2O3.2C3H8/c1-3-12(15-5-19-9-21-15)4-2-11(1)13-7-23-18-14(8-24-17(13)18)16-6-20-10-22-16;1-2-8(12)10-7-9(13)11-5-3-4-6-11;1-13-8(12)9-6-7(11)10-4-2-3-5-10;2*1-3-2/h1-10H,(H,19,21)(H,20,22);2-7H2,1H3,(H,10,12);2-6H2,1H3,(H,9,12);2*3H2,1-2H3. The van der Waals surface area contributed by atoms with Gasteiger partial charge in [0.15, 0.2) is 0 Å². The molecule has 0 saturated carbocycles. The SMILES string of the molecule is CCC.CCC.CCC(=O)NCC(=O)N1CCCC1.COC(=O)NCC(=O)N1CCCC1.c1ncc(-c2ccc(-c3csc4c(-c5cnc[nH]5)csc34)cc2)[nH]1. The van der Waals surface area contributed by atoms with Crippen LogP contribution in [0.3, 0.4) is 0 Å². The number of hydrogen-bond acceptors (Lipinski definition) is 9. The number of likely N-dealkylation sites (tertiary alicyclic amines) is 2. The molecule has 2 saturated heterocycles. The number of nitrogens with zero attached hydrogens (tertiary/aromatic N) is 4. The fraction of sp³-hybridized carbons (Fsp3) is 0.463. The number of aromatic amines is 2. The van der Waals surface area contributed by atoms with E-state index in [2.05, 4.69) is 98.0 Å². The van der Waals surface area contributed by atoms with E-state index in [0.717, 1.165) is 68.8 Å². The molecule has 13 nitrogen and oxygen atoms in total. The number of H-pyrrole nitrogens is 2. The lowest BCUT2D eigenvalue weighted by molar-refractivity contribution is -0.132. The van der Waals surface area contributed by atoms with Crippen molar-refractivity contribution < 1.29 is 23.9 Å².